The average Bonchev–Trinajstić information content (AvgIpc) is 2.77. The van der Waals surface area contributed by atoms with E-state index < -0.39 is 6.04 Å². The van der Waals surface area contributed by atoms with Crippen LogP contribution in [-0.2, 0) is 17.8 Å². The lowest BCUT2D eigenvalue weighted by molar-refractivity contribution is -0.127. The molecule has 2 aromatic rings. The van der Waals surface area contributed by atoms with E-state index in [-0.39, 0.29) is 11.9 Å². The summed E-state index contributed by atoms with van der Waals surface area (Å²) in [7, 11) is 0. The number of benzene rings is 2. The Morgan fingerprint density at radius 2 is 1.43 bits per heavy atom. The maximum atomic E-state index is 12.4. The molecule has 3 rings (SSSR count). The molecule has 1 fully saturated rings. The summed E-state index contributed by atoms with van der Waals surface area (Å²) in [6, 6.07) is 18.4. The highest BCUT2D eigenvalue weighted by Crippen LogP contribution is 2.15. The van der Waals surface area contributed by atoms with Crippen LogP contribution in [-0.4, -0.2) is 22.9 Å². The molecule has 21 heavy (non-hydrogen) atoms. The fourth-order valence-corrected chi connectivity index (χ4v) is 2.48. The van der Waals surface area contributed by atoms with Crippen molar-refractivity contribution in [2.75, 3.05) is 0 Å². The predicted octanol–water partition coefficient (Wildman–Crippen LogP) is 2.35. The van der Waals surface area contributed by atoms with E-state index in [0.29, 0.717) is 13.0 Å². The lowest BCUT2D eigenvalue weighted by Crippen LogP contribution is -2.32. The third kappa shape index (κ3) is 2.94. The number of imide groups is 1. The van der Waals surface area contributed by atoms with Crippen molar-refractivity contribution in [3.05, 3.63) is 71.8 Å². The SMILES string of the molecule is O=C1N[C@@H](Cc2ccccc2)C(=O)N1Cc1ccccc1. The molecule has 0 aromatic heterocycles. The van der Waals surface area contributed by atoms with E-state index in [1.165, 1.54) is 4.90 Å². The minimum atomic E-state index is -0.469. The van der Waals surface area contributed by atoms with E-state index in [1.54, 1.807) is 0 Å². The first kappa shape index (κ1) is 13.4. The molecular formula is C17H16N2O2. The molecule has 0 bridgehead atoms. The third-order valence-corrected chi connectivity index (χ3v) is 3.57. The normalized spacial score (nSPS) is 17.9. The molecule has 1 saturated heterocycles. The quantitative estimate of drug-likeness (QED) is 0.874. The number of hydrogen-bond donors (Lipinski definition) is 1. The summed E-state index contributed by atoms with van der Waals surface area (Å²) in [5, 5.41) is 2.76. The zero-order chi connectivity index (χ0) is 14.7. The van der Waals surface area contributed by atoms with Gasteiger partial charge in [0.1, 0.15) is 6.04 Å². The Bertz CT molecular complexity index is 640. The molecule has 2 aromatic carbocycles. The van der Waals surface area contributed by atoms with Crippen molar-refractivity contribution in [3.8, 4) is 0 Å². The minimum Gasteiger partial charge on any atom is -0.325 e. The van der Waals surface area contributed by atoms with E-state index >= 15 is 0 Å². The molecule has 4 heteroatoms. The van der Waals surface area contributed by atoms with Crippen LogP contribution >= 0.6 is 0 Å². The topological polar surface area (TPSA) is 49.4 Å². The van der Waals surface area contributed by atoms with Crippen LogP contribution in [0.25, 0.3) is 0 Å². The number of rotatable bonds is 4. The van der Waals surface area contributed by atoms with Crippen molar-refractivity contribution in [1.29, 1.82) is 0 Å². The summed E-state index contributed by atoms with van der Waals surface area (Å²) in [4.78, 5) is 25.6. The maximum Gasteiger partial charge on any atom is 0.325 e. The second kappa shape index (κ2) is 5.79. The first-order chi connectivity index (χ1) is 10.2. The highest BCUT2D eigenvalue weighted by Gasteiger charge is 2.37. The maximum absolute atomic E-state index is 12.4. The van der Waals surface area contributed by atoms with E-state index in [9.17, 15) is 9.59 Å². The number of carbonyl (C=O) groups excluding carboxylic acids is 2. The summed E-state index contributed by atoms with van der Waals surface area (Å²) in [5.74, 6) is -0.160. The Morgan fingerprint density at radius 1 is 0.857 bits per heavy atom. The molecule has 3 amide bonds. The van der Waals surface area contributed by atoms with Gasteiger partial charge >= 0.3 is 6.03 Å². The zero-order valence-electron chi connectivity index (χ0n) is 11.5. The number of nitrogens with one attached hydrogen (secondary N) is 1. The van der Waals surface area contributed by atoms with Crippen LogP contribution in [0.15, 0.2) is 60.7 Å². The molecule has 0 saturated carbocycles. The van der Waals surface area contributed by atoms with Gasteiger partial charge in [-0.15, -0.1) is 0 Å². The Balaban J connectivity index is 1.70. The fourth-order valence-electron chi connectivity index (χ4n) is 2.48. The molecule has 106 valence electrons. The van der Waals surface area contributed by atoms with Crippen LogP contribution in [0.2, 0.25) is 0 Å². The number of hydrogen-bond acceptors (Lipinski definition) is 2. The number of nitrogens with zero attached hydrogens (tertiary/aromatic N) is 1. The van der Waals surface area contributed by atoms with Crippen LogP contribution < -0.4 is 5.32 Å². The van der Waals surface area contributed by atoms with E-state index in [1.807, 2.05) is 60.7 Å². The smallest absolute Gasteiger partial charge is 0.325 e. The number of urea groups is 1. The van der Waals surface area contributed by atoms with Crippen molar-refractivity contribution >= 4 is 11.9 Å². The number of amides is 3. The minimum absolute atomic E-state index is 0.160. The summed E-state index contributed by atoms with van der Waals surface area (Å²) < 4.78 is 0. The van der Waals surface area contributed by atoms with E-state index in [0.717, 1.165) is 11.1 Å². The molecule has 1 N–H and O–H groups in total. The van der Waals surface area contributed by atoms with Crippen molar-refractivity contribution in [2.45, 2.75) is 19.0 Å². The fraction of sp³-hybridized carbons (Fsp3) is 0.176. The molecular weight excluding hydrogens is 264 g/mol. The number of carbonyl (C=O) groups is 2. The largest absolute Gasteiger partial charge is 0.325 e. The van der Waals surface area contributed by atoms with Crippen molar-refractivity contribution < 1.29 is 9.59 Å². The molecule has 1 aliphatic rings. The average molecular weight is 280 g/mol. The molecule has 0 aliphatic carbocycles. The van der Waals surface area contributed by atoms with Gasteiger partial charge in [-0.1, -0.05) is 60.7 Å². The Morgan fingerprint density at radius 3 is 2.05 bits per heavy atom. The summed E-state index contributed by atoms with van der Waals surface area (Å²) in [6.45, 7) is 0.316. The van der Waals surface area contributed by atoms with Gasteiger partial charge in [0.2, 0.25) is 0 Å². The monoisotopic (exact) mass is 280 g/mol. The van der Waals surface area contributed by atoms with Gasteiger partial charge in [0.15, 0.2) is 0 Å². The van der Waals surface area contributed by atoms with Gasteiger partial charge in [-0.05, 0) is 11.1 Å². The molecule has 4 nitrogen and oxygen atoms in total. The van der Waals surface area contributed by atoms with Gasteiger partial charge in [-0.3, -0.25) is 9.69 Å². The summed E-state index contributed by atoms with van der Waals surface area (Å²) in [6.07, 6.45) is 0.525. The Hall–Kier alpha value is -2.62. The second-order valence-corrected chi connectivity index (χ2v) is 5.10. The van der Waals surface area contributed by atoms with Crippen molar-refractivity contribution in [2.24, 2.45) is 0 Å². The van der Waals surface area contributed by atoms with Gasteiger partial charge in [0, 0.05) is 6.42 Å². The Labute approximate surface area is 123 Å². The molecule has 1 atom stereocenters. The molecule has 0 spiro atoms. The van der Waals surface area contributed by atoms with Gasteiger partial charge < -0.3 is 5.32 Å². The predicted molar refractivity (Wildman–Crippen MR) is 79.5 cm³/mol. The standard InChI is InChI=1S/C17H16N2O2/c20-16-15(11-13-7-3-1-4-8-13)18-17(21)19(16)12-14-9-5-2-6-10-14/h1-10,15H,11-12H2,(H,18,21)/t15-/m0/s1. The first-order valence-corrected chi connectivity index (χ1v) is 6.94. The van der Waals surface area contributed by atoms with Crippen LogP contribution in [0.5, 0.6) is 0 Å². The lowest BCUT2D eigenvalue weighted by Gasteiger charge is -2.13. The first-order valence-electron chi connectivity index (χ1n) is 6.94. The highest BCUT2D eigenvalue weighted by molar-refractivity contribution is 6.04. The van der Waals surface area contributed by atoms with Gasteiger partial charge in [0.25, 0.3) is 5.91 Å². The van der Waals surface area contributed by atoms with Gasteiger partial charge in [-0.25, -0.2) is 4.79 Å². The summed E-state index contributed by atoms with van der Waals surface area (Å²) >= 11 is 0. The van der Waals surface area contributed by atoms with Gasteiger partial charge in [0.05, 0.1) is 6.54 Å². The molecule has 1 aliphatic heterocycles. The van der Waals surface area contributed by atoms with Crippen LogP contribution in [0.1, 0.15) is 11.1 Å². The van der Waals surface area contributed by atoms with Crippen LogP contribution in [0.3, 0.4) is 0 Å². The van der Waals surface area contributed by atoms with Crippen LogP contribution in [0, 0.1) is 0 Å². The van der Waals surface area contributed by atoms with E-state index in [2.05, 4.69) is 5.32 Å². The third-order valence-electron chi connectivity index (χ3n) is 3.57. The molecule has 1 heterocycles. The van der Waals surface area contributed by atoms with E-state index in [4.69, 9.17) is 0 Å². The van der Waals surface area contributed by atoms with Crippen LogP contribution in [0.4, 0.5) is 4.79 Å². The van der Waals surface area contributed by atoms with Gasteiger partial charge in [-0.2, -0.15) is 0 Å². The molecule has 0 radical (unpaired) electrons. The zero-order valence-corrected chi connectivity index (χ0v) is 11.5. The lowest BCUT2D eigenvalue weighted by atomic mass is 10.1. The Kier molecular flexibility index (Phi) is 3.69. The summed E-state index contributed by atoms with van der Waals surface area (Å²) in [5.41, 5.74) is 1.99. The van der Waals surface area contributed by atoms with Crippen molar-refractivity contribution in [1.82, 2.24) is 10.2 Å². The van der Waals surface area contributed by atoms with Crippen molar-refractivity contribution in [3.63, 3.8) is 0 Å². The second-order valence-electron chi connectivity index (χ2n) is 5.10. The highest BCUT2D eigenvalue weighted by atomic mass is 16.2. The molecule has 0 unspecified atom stereocenters.